The minimum atomic E-state index is 0. The van der Waals surface area contributed by atoms with Crippen molar-refractivity contribution >= 4 is 23.1 Å². The van der Waals surface area contributed by atoms with Crippen molar-refractivity contribution in [2.24, 2.45) is 0 Å². The fraction of sp³-hybridized carbons (Fsp3) is 0.864. The first-order valence-corrected chi connectivity index (χ1v) is 12.9. The van der Waals surface area contributed by atoms with Crippen molar-refractivity contribution in [1.29, 1.82) is 0 Å². The van der Waals surface area contributed by atoms with E-state index >= 15 is 0 Å². The number of halogens is 1. The molecule has 1 unspecified atom stereocenters. The predicted molar refractivity (Wildman–Crippen MR) is 117 cm³/mol. The van der Waals surface area contributed by atoms with E-state index in [0.29, 0.717) is 6.04 Å². The number of thiazole rings is 1. The quantitative estimate of drug-likeness (QED) is 0.223. The number of aromatic nitrogens is 1. The third-order valence-electron chi connectivity index (χ3n) is 5.00. The van der Waals surface area contributed by atoms with Gasteiger partial charge < -0.3 is 17.0 Å². The molecule has 0 bridgehead atoms. The Hall–Kier alpha value is 0.460. The molecule has 0 amide bonds. The minimum absolute atomic E-state index is 0. The van der Waals surface area contributed by atoms with Gasteiger partial charge >= 0.3 is 0 Å². The highest BCUT2D eigenvalue weighted by Gasteiger charge is 2.11. The summed E-state index contributed by atoms with van der Waals surface area (Å²) in [6, 6.07) is 0.642. The van der Waals surface area contributed by atoms with Gasteiger partial charge in [-0.1, -0.05) is 102 Å². The van der Waals surface area contributed by atoms with Crippen molar-refractivity contribution < 1.29 is 21.5 Å². The van der Waals surface area contributed by atoms with E-state index in [4.69, 9.17) is 0 Å². The Kier molecular flexibility index (Phi) is 20.6. The van der Waals surface area contributed by atoms with Crippen LogP contribution in [0.2, 0.25) is 0 Å². The summed E-state index contributed by atoms with van der Waals surface area (Å²) in [6.07, 6.45) is 22.5. The van der Waals surface area contributed by atoms with Crippen molar-refractivity contribution in [3.8, 4) is 0 Å². The van der Waals surface area contributed by atoms with Gasteiger partial charge in [-0.15, -0.1) is 0 Å². The number of thioether (sulfide) groups is 1. The number of unbranched alkanes of at least 4 members (excludes halogenated alkanes) is 13. The highest BCUT2D eigenvalue weighted by molar-refractivity contribution is 7.99. The van der Waals surface area contributed by atoms with E-state index in [1.807, 2.05) is 0 Å². The first kappa shape index (κ1) is 26.5. The third-order valence-corrected chi connectivity index (χ3v) is 6.94. The molecule has 0 aromatic carbocycles. The molecule has 154 valence electrons. The summed E-state index contributed by atoms with van der Waals surface area (Å²) in [5.74, 6) is 2.59. The molecular formula is C22H42BrNS2. The van der Waals surface area contributed by atoms with Crippen LogP contribution < -0.4 is 21.5 Å². The second-order valence-electron chi connectivity index (χ2n) is 7.49. The molecule has 0 radical (unpaired) electrons. The standard InChI is InChI=1S/C22H42NS2.BrH/c1-3-4-5-6-7-8-9-10-11-12-13-14-15-16-18-24-20-22(2)23-17-19-25-21-23;/h17,19,21-22H,3-16,18,20H2,1-2H3;1H/q+1;/p-1. The fourth-order valence-corrected chi connectivity index (χ4v) is 5.02. The number of hydrogen-bond donors (Lipinski definition) is 0. The highest BCUT2D eigenvalue weighted by Crippen LogP contribution is 2.15. The van der Waals surface area contributed by atoms with Crippen LogP contribution >= 0.6 is 23.1 Å². The van der Waals surface area contributed by atoms with Gasteiger partial charge in [-0.3, -0.25) is 0 Å². The van der Waals surface area contributed by atoms with Gasteiger partial charge in [-0.2, -0.15) is 16.3 Å². The van der Waals surface area contributed by atoms with E-state index in [-0.39, 0.29) is 17.0 Å². The van der Waals surface area contributed by atoms with Crippen LogP contribution in [-0.4, -0.2) is 11.5 Å². The molecule has 1 atom stereocenters. The molecule has 1 nitrogen and oxygen atoms in total. The largest absolute Gasteiger partial charge is 1.00 e. The van der Waals surface area contributed by atoms with Crippen molar-refractivity contribution in [3.63, 3.8) is 0 Å². The zero-order valence-corrected chi connectivity index (χ0v) is 20.5. The molecule has 0 aliphatic heterocycles. The average Bonchev–Trinajstić information content (AvgIpc) is 3.16. The number of hydrogen-bond acceptors (Lipinski definition) is 2. The summed E-state index contributed by atoms with van der Waals surface area (Å²) in [6.45, 7) is 4.62. The van der Waals surface area contributed by atoms with Gasteiger partial charge in [0.05, 0.1) is 11.1 Å². The number of rotatable bonds is 18. The van der Waals surface area contributed by atoms with Gasteiger partial charge in [0.15, 0.2) is 12.2 Å². The molecule has 4 heteroatoms. The van der Waals surface area contributed by atoms with Crippen molar-refractivity contribution in [3.05, 3.63) is 17.1 Å². The van der Waals surface area contributed by atoms with Crippen molar-refractivity contribution in [2.75, 3.05) is 11.5 Å². The van der Waals surface area contributed by atoms with E-state index in [1.165, 1.54) is 101 Å². The number of nitrogens with zero attached hydrogens (tertiary/aromatic N) is 1. The Balaban J connectivity index is 0.00000625. The zero-order valence-electron chi connectivity index (χ0n) is 17.3. The SMILES string of the molecule is CCCCCCCCCCCCCCCCSCC(C)[n+]1ccsc1.[Br-]. The third kappa shape index (κ3) is 15.5. The lowest BCUT2D eigenvalue weighted by Crippen LogP contribution is -3.00. The van der Waals surface area contributed by atoms with E-state index in [0.717, 1.165) is 0 Å². The molecule has 0 fully saturated rings. The summed E-state index contributed by atoms with van der Waals surface area (Å²) in [4.78, 5) is 0. The Morgan fingerprint density at radius 3 is 1.77 bits per heavy atom. The van der Waals surface area contributed by atoms with Crippen LogP contribution in [0, 0.1) is 0 Å². The van der Waals surface area contributed by atoms with Gasteiger partial charge in [0.25, 0.3) is 0 Å². The molecule has 0 N–H and O–H groups in total. The second kappa shape index (κ2) is 20.2. The van der Waals surface area contributed by atoms with Crippen LogP contribution in [0.3, 0.4) is 0 Å². The molecule has 0 spiro atoms. The average molecular weight is 465 g/mol. The molecule has 1 heterocycles. The van der Waals surface area contributed by atoms with Crippen LogP contribution in [0.1, 0.15) is 110 Å². The molecule has 1 rings (SSSR count). The normalized spacial score (nSPS) is 12.1. The lowest BCUT2D eigenvalue weighted by Gasteiger charge is -2.05. The van der Waals surface area contributed by atoms with Gasteiger partial charge in [-0.05, 0) is 19.1 Å². The van der Waals surface area contributed by atoms with Gasteiger partial charge in [0.1, 0.15) is 0 Å². The molecule has 0 aliphatic carbocycles. The lowest BCUT2D eigenvalue weighted by atomic mass is 10.0. The Morgan fingerprint density at radius 1 is 0.808 bits per heavy atom. The van der Waals surface area contributed by atoms with Gasteiger partial charge in [-0.25, -0.2) is 0 Å². The van der Waals surface area contributed by atoms with E-state index in [1.54, 1.807) is 11.3 Å². The van der Waals surface area contributed by atoms with E-state index in [9.17, 15) is 0 Å². The maximum Gasteiger partial charge on any atom is 0.224 e. The van der Waals surface area contributed by atoms with Crippen LogP contribution in [0.5, 0.6) is 0 Å². The summed E-state index contributed by atoms with van der Waals surface area (Å²) in [5, 5.41) is 2.16. The Morgan fingerprint density at radius 2 is 1.31 bits per heavy atom. The van der Waals surface area contributed by atoms with Gasteiger partial charge in [0, 0.05) is 0 Å². The molecule has 1 aromatic rings. The highest BCUT2D eigenvalue weighted by atomic mass is 79.9. The minimum Gasteiger partial charge on any atom is -1.00 e. The molecule has 0 aliphatic rings. The van der Waals surface area contributed by atoms with E-state index in [2.05, 4.69) is 47.3 Å². The van der Waals surface area contributed by atoms with Gasteiger partial charge in [0.2, 0.25) is 5.51 Å². The van der Waals surface area contributed by atoms with Crippen molar-refractivity contribution in [2.45, 2.75) is 110 Å². The molecule has 0 saturated heterocycles. The predicted octanol–water partition coefficient (Wildman–Crippen LogP) is 4.82. The molecule has 0 saturated carbocycles. The maximum atomic E-state index is 2.34. The summed E-state index contributed by atoms with van der Waals surface area (Å²) < 4.78 is 2.34. The van der Waals surface area contributed by atoms with Crippen LogP contribution in [0.15, 0.2) is 17.1 Å². The molecule has 1 aromatic heterocycles. The Bertz CT molecular complexity index is 370. The first-order valence-electron chi connectivity index (χ1n) is 10.8. The van der Waals surface area contributed by atoms with Crippen LogP contribution in [0.4, 0.5) is 0 Å². The summed E-state index contributed by atoms with van der Waals surface area (Å²) >= 11 is 3.91. The van der Waals surface area contributed by atoms with E-state index < -0.39 is 0 Å². The monoisotopic (exact) mass is 463 g/mol. The van der Waals surface area contributed by atoms with Crippen molar-refractivity contribution in [1.82, 2.24) is 0 Å². The molecular weight excluding hydrogens is 422 g/mol. The summed E-state index contributed by atoms with van der Waals surface area (Å²) in [7, 11) is 0. The maximum absolute atomic E-state index is 2.34. The smallest absolute Gasteiger partial charge is 0.224 e. The molecule has 26 heavy (non-hydrogen) atoms. The lowest BCUT2D eigenvalue weighted by molar-refractivity contribution is -0.710. The second-order valence-corrected chi connectivity index (χ2v) is 9.40. The first-order chi connectivity index (χ1) is 12.3. The summed E-state index contributed by atoms with van der Waals surface area (Å²) in [5.41, 5.74) is 2.22. The Labute approximate surface area is 182 Å². The fourth-order valence-electron chi connectivity index (χ4n) is 3.24. The van der Waals surface area contributed by atoms with Crippen LogP contribution in [0.25, 0.3) is 0 Å². The van der Waals surface area contributed by atoms with Crippen LogP contribution in [-0.2, 0) is 0 Å². The topological polar surface area (TPSA) is 3.88 Å². The zero-order chi connectivity index (χ0) is 18.0.